The lowest BCUT2D eigenvalue weighted by Crippen LogP contribution is -2.62. The van der Waals surface area contributed by atoms with Crippen LogP contribution in [0.3, 0.4) is 0 Å². The Kier molecular flexibility index (Phi) is 8.40. The molecular weight excluding hydrogens is 532 g/mol. The first-order chi connectivity index (χ1) is 19.3. The van der Waals surface area contributed by atoms with Gasteiger partial charge < -0.3 is 31.9 Å². The van der Waals surface area contributed by atoms with Crippen LogP contribution in [0.15, 0.2) is 40.8 Å². The molecule has 2 aromatic rings. The minimum absolute atomic E-state index is 0.0379. The zero-order chi connectivity index (χ0) is 28.2. The third-order valence-corrected chi connectivity index (χ3v) is 8.55. The van der Waals surface area contributed by atoms with E-state index in [1.165, 1.54) is 16.9 Å². The summed E-state index contributed by atoms with van der Waals surface area (Å²) in [5.74, 6) is -1.05. The number of aromatic nitrogens is 1. The number of ketones is 1. The van der Waals surface area contributed by atoms with Gasteiger partial charge in [0.2, 0.25) is 23.5 Å². The van der Waals surface area contributed by atoms with Crippen LogP contribution in [0.1, 0.15) is 46.6 Å². The van der Waals surface area contributed by atoms with Crippen molar-refractivity contribution >= 4 is 40.8 Å². The molecular formula is C27H34N8O4S. The number of nitrogens with one attached hydrogen (secondary N) is 2. The number of guanidine groups is 1. The van der Waals surface area contributed by atoms with E-state index in [1.807, 2.05) is 24.3 Å². The number of hydrogen-bond donors (Lipinski definition) is 4. The van der Waals surface area contributed by atoms with Crippen LogP contribution in [-0.2, 0) is 27.3 Å². The average molecular weight is 567 g/mol. The zero-order valence-corrected chi connectivity index (χ0v) is 22.9. The number of rotatable bonds is 9. The van der Waals surface area contributed by atoms with Gasteiger partial charge in [-0.15, -0.1) is 11.3 Å². The second-order valence-corrected chi connectivity index (χ2v) is 11.3. The lowest BCUT2D eigenvalue weighted by Gasteiger charge is -2.41. The highest BCUT2D eigenvalue weighted by Gasteiger charge is 2.47. The number of carbonyl (C=O) groups excluding carboxylic acids is 4. The molecule has 6 N–H and O–H groups in total. The van der Waals surface area contributed by atoms with Crippen molar-refractivity contribution in [3.63, 3.8) is 0 Å². The normalized spacial score (nSPS) is 22.7. The minimum Gasteiger partial charge on any atom is -0.370 e. The second-order valence-electron chi connectivity index (χ2n) is 10.4. The summed E-state index contributed by atoms with van der Waals surface area (Å²) in [6.07, 6.45) is 3.99. The molecule has 4 heterocycles. The third-order valence-electron chi connectivity index (χ3n) is 7.76. The smallest absolute Gasteiger partial charge is 0.243 e. The lowest BCUT2D eigenvalue weighted by atomic mass is 9.95. The van der Waals surface area contributed by atoms with Crippen LogP contribution in [0.5, 0.6) is 0 Å². The molecule has 3 unspecified atom stereocenters. The van der Waals surface area contributed by atoms with Gasteiger partial charge in [-0.05, 0) is 43.2 Å². The summed E-state index contributed by atoms with van der Waals surface area (Å²) >= 11 is 1.21. The molecule has 0 spiro atoms. The number of aliphatic imine (C=N–C) groups is 1. The molecule has 4 atom stereocenters. The van der Waals surface area contributed by atoms with E-state index in [2.05, 4.69) is 20.6 Å². The Bertz CT molecular complexity index is 1300. The van der Waals surface area contributed by atoms with Crippen LogP contribution in [0.2, 0.25) is 0 Å². The van der Waals surface area contributed by atoms with Crippen LogP contribution in [0.25, 0.3) is 0 Å². The summed E-state index contributed by atoms with van der Waals surface area (Å²) in [6.45, 7) is 1.24. The maximum atomic E-state index is 13.4. The van der Waals surface area contributed by atoms with Gasteiger partial charge in [0, 0.05) is 31.2 Å². The summed E-state index contributed by atoms with van der Waals surface area (Å²) < 4.78 is 0. The van der Waals surface area contributed by atoms with E-state index >= 15 is 0 Å². The summed E-state index contributed by atoms with van der Waals surface area (Å²) in [6, 6.07) is 5.90. The SMILES string of the molecule is NC(N)=NCCCC(NC(=O)C1CC[C@H]2CN(C(=O)C3Cc4ccccc4CN3)CC(=O)N12)C(=O)c1nccs1. The standard InChI is InChI=1S/C27H34N8O4S/c28-27(29)31-9-3-6-19(23(37)25-30-10-11-40-25)33-24(38)21-8-7-18-14-34(15-22(36)35(18)21)26(39)20-12-16-4-1-2-5-17(16)13-32-20/h1-2,4-5,10-11,18-21,32H,3,6-9,12-15H2,(H,33,38)(H4,28,29,31)/t18-,19?,20?,21?/m0/s1. The zero-order valence-electron chi connectivity index (χ0n) is 22.1. The van der Waals surface area contributed by atoms with Crippen LogP contribution >= 0.6 is 11.3 Å². The molecule has 12 nitrogen and oxygen atoms in total. The first-order valence-corrected chi connectivity index (χ1v) is 14.4. The van der Waals surface area contributed by atoms with Gasteiger partial charge in [0.1, 0.15) is 6.04 Å². The van der Waals surface area contributed by atoms with Gasteiger partial charge in [0.15, 0.2) is 11.0 Å². The number of benzene rings is 1. The number of thiazole rings is 1. The lowest BCUT2D eigenvalue weighted by molar-refractivity contribution is -0.152. The van der Waals surface area contributed by atoms with E-state index < -0.39 is 12.1 Å². The Morgan fingerprint density at radius 2 is 2.00 bits per heavy atom. The number of nitrogens with zero attached hydrogens (tertiary/aromatic N) is 4. The van der Waals surface area contributed by atoms with E-state index in [9.17, 15) is 19.2 Å². The van der Waals surface area contributed by atoms with Crippen molar-refractivity contribution in [1.29, 1.82) is 0 Å². The number of piperazine rings is 1. The van der Waals surface area contributed by atoms with E-state index in [4.69, 9.17) is 11.5 Å². The number of Topliss-reactive ketones (excluding diaryl/α,β-unsaturated/α-hetero) is 1. The molecule has 1 aromatic heterocycles. The molecule has 2 fully saturated rings. The fourth-order valence-corrected chi connectivity index (χ4v) is 6.44. The summed E-state index contributed by atoms with van der Waals surface area (Å²) in [5.41, 5.74) is 13.1. The maximum absolute atomic E-state index is 13.4. The summed E-state index contributed by atoms with van der Waals surface area (Å²) in [7, 11) is 0. The molecule has 0 aliphatic carbocycles. The molecule has 1 aromatic carbocycles. The number of hydrogen-bond acceptors (Lipinski definition) is 8. The molecule has 40 heavy (non-hydrogen) atoms. The summed E-state index contributed by atoms with van der Waals surface area (Å²) in [5, 5.41) is 8.18. The largest absolute Gasteiger partial charge is 0.370 e. The number of amides is 3. The van der Waals surface area contributed by atoms with Crippen molar-refractivity contribution in [2.75, 3.05) is 19.6 Å². The van der Waals surface area contributed by atoms with E-state index in [0.717, 1.165) is 5.56 Å². The van der Waals surface area contributed by atoms with Crippen LogP contribution in [-0.4, -0.2) is 88.0 Å². The first kappa shape index (κ1) is 27.7. The Hall–Kier alpha value is -3.84. The molecule has 3 aliphatic rings. The Balaban J connectivity index is 1.21. The van der Waals surface area contributed by atoms with Crippen LogP contribution in [0, 0.1) is 0 Å². The molecule has 0 saturated carbocycles. The molecule has 3 amide bonds. The molecule has 13 heteroatoms. The van der Waals surface area contributed by atoms with E-state index in [0.29, 0.717) is 56.7 Å². The minimum atomic E-state index is -0.815. The molecule has 2 saturated heterocycles. The highest BCUT2D eigenvalue weighted by molar-refractivity contribution is 7.11. The average Bonchev–Trinajstić information content (AvgIpc) is 3.64. The molecule has 0 bridgehead atoms. The quantitative estimate of drug-likeness (QED) is 0.139. The van der Waals surface area contributed by atoms with E-state index in [-0.39, 0.29) is 48.1 Å². The van der Waals surface area contributed by atoms with Gasteiger partial charge in [-0.1, -0.05) is 24.3 Å². The number of nitrogens with two attached hydrogens (primary N) is 2. The van der Waals surface area contributed by atoms with Gasteiger partial charge in [-0.25, -0.2) is 4.98 Å². The maximum Gasteiger partial charge on any atom is 0.243 e. The third kappa shape index (κ3) is 5.99. The van der Waals surface area contributed by atoms with Gasteiger partial charge in [-0.2, -0.15) is 0 Å². The first-order valence-electron chi connectivity index (χ1n) is 13.5. The molecule has 0 radical (unpaired) electrons. The number of carbonyl (C=O) groups is 4. The topological polar surface area (TPSA) is 176 Å². The van der Waals surface area contributed by atoms with E-state index in [1.54, 1.807) is 21.4 Å². The van der Waals surface area contributed by atoms with Crippen molar-refractivity contribution in [2.24, 2.45) is 16.5 Å². The van der Waals surface area contributed by atoms with Crippen molar-refractivity contribution in [3.8, 4) is 0 Å². The van der Waals surface area contributed by atoms with Gasteiger partial charge in [0.05, 0.1) is 24.7 Å². The van der Waals surface area contributed by atoms with Gasteiger partial charge in [-0.3, -0.25) is 24.2 Å². The molecule has 212 valence electrons. The highest BCUT2D eigenvalue weighted by atomic mass is 32.1. The number of fused-ring (bicyclic) bond motifs is 2. The molecule has 3 aliphatic heterocycles. The monoisotopic (exact) mass is 566 g/mol. The highest BCUT2D eigenvalue weighted by Crippen LogP contribution is 2.29. The fourth-order valence-electron chi connectivity index (χ4n) is 5.81. The van der Waals surface area contributed by atoms with Gasteiger partial charge >= 0.3 is 0 Å². The molecule has 5 rings (SSSR count). The predicted octanol–water partition coefficient (Wildman–Crippen LogP) is -0.219. The van der Waals surface area contributed by atoms with Crippen molar-refractivity contribution in [3.05, 3.63) is 52.0 Å². The predicted molar refractivity (Wildman–Crippen MR) is 149 cm³/mol. The van der Waals surface area contributed by atoms with Gasteiger partial charge in [0.25, 0.3) is 0 Å². The second kappa shape index (κ2) is 12.1. The fraction of sp³-hybridized carbons (Fsp3) is 0.481. The Morgan fingerprint density at radius 3 is 2.75 bits per heavy atom. The summed E-state index contributed by atoms with van der Waals surface area (Å²) in [4.78, 5) is 64.4. The Morgan fingerprint density at radius 1 is 1.20 bits per heavy atom. The van der Waals surface area contributed by atoms with Crippen LogP contribution in [0.4, 0.5) is 0 Å². The van der Waals surface area contributed by atoms with Crippen LogP contribution < -0.4 is 22.1 Å². The van der Waals surface area contributed by atoms with Crippen molar-refractivity contribution in [1.82, 2.24) is 25.4 Å². The Labute approximate surface area is 236 Å². The van der Waals surface area contributed by atoms with Crippen molar-refractivity contribution < 1.29 is 19.2 Å². The van der Waals surface area contributed by atoms with Crippen molar-refractivity contribution in [2.45, 2.75) is 62.8 Å².